The minimum absolute atomic E-state index is 0.0269. The minimum atomic E-state index is -4.33. The summed E-state index contributed by atoms with van der Waals surface area (Å²) in [5.74, 6) is 0.576. The highest BCUT2D eigenvalue weighted by Crippen LogP contribution is 2.37. The van der Waals surface area contributed by atoms with E-state index in [2.05, 4.69) is 44.9 Å². The van der Waals surface area contributed by atoms with E-state index in [-0.39, 0.29) is 45.8 Å². The van der Waals surface area contributed by atoms with Gasteiger partial charge in [0.05, 0.1) is 29.3 Å². The summed E-state index contributed by atoms with van der Waals surface area (Å²) in [5.41, 5.74) is 3.99. The van der Waals surface area contributed by atoms with Gasteiger partial charge in [0, 0.05) is 22.5 Å². The standard InChI is InChI=1S/C19H19ClN6O7S2.C19H17ClN4O3/c1-10-14(8-9-15(23-3)16(10)20)24-17(11(2)32-34(21,27)28)19-26-25-18(31-19)12-4-6-13(7-5-12)33-35(22,29)30;1-10-14(8-9-15(21-3)16(10)20)22-17(11(2)25)19-24-23-18(27-19)12-4-6-13(26)7-5-12/h4-9,11,17,24H,1-2H3,(H2,21,27,28)(H2,22,29,30);4-9,11,17,22,25-26H,1-2H3/t2*11-,17+/m00/s1. The van der Waals surface area contributed by atoms with Crippen LogP contribution in [0.5, 0.6) is 11.5 Å². The van der Waals surface area contributed by atoms with Crippen LogP contribution in [0, 0.1) is 27.0 Å². The molecule has 20 nitrogen and oxygen atoms in total. The maximum atomic E-state index is 11.5. The molecule has 0 saturated carbocycles. The van der Waals surface area contributed by atoms with Crippen molar-refractivity contribution in [1.82, 2.24) is 20.4 Å². The van der Waals surface area contributed by atoms with E-state index in [1.54, 1.807) is 51.1 Å². The third-order valence-corrected chi connectivity index (χ3v) is 10.6. The van der Waals surface area contributed by atoms with Crippen LogP contribution in [0.2, 0.25) is 10.0 Å². The van der Waals surface area contributed by atoms with Gasteiger partial charge in [-0.2, -0.15) is 22.0 Å². The van der Waals surface area contributed by atoms with Gasteiger partial charge in [0.2, 0.25) is 34.9 Å². The van der Waals surface area contributed by atoms with Crippen LogP contribution in [0.4, 0.5) is 22.7 Å². The number of benzene rings is 4. The highest BCUT2D eigenvalue weighted by Gasteiger charge is 2.30. The van der Waals surface area contributed by atoms with Crippen LogP contribution < -0.4 is 25.1 Å². The second-order valence-corrected chi connectivity index (χ2v) is 16.3. The van der Waals surface area contributed by atoms with Gasteiger partial charge in [-0.25, -0.2) is 14.8 Å². The van der Waals surface area contributed by atoms with E-state index in [4.69, 9.17) is 59.6 Å². The van der Waals surface area contributed by atoms with Gasteiger partial charge in [0.1, 0.15) is 29.7 Å². The number of hydrogen-bond acceptors (Lipinski definition) is 16. The largest absolute Gasteiger partial charge is 0.508 e. The maximum absolute atomic E-state index is 11.5. The number of aliphatic hydroxyl groups excluding tert-OH is 1. The number of nitrogens with two attached hydrogens (primary N) is 2. The molecule has 0 aliphatic carbocycles. The number of aromatic hydroxyl groups is 1. The molecule has 4 aromatic carbocycles. The first-order chi connectivity index (χ1) is 29.2. The van der Waals surface area contributed by atoms with E-state index < -0.39 is 44.9 Å². The molecule has 2 aromatic heterocycles. The SMILES string of the molecule is [C-]#[N+]c1ccc(N[C@@H](c2nnc(-c3ccc(O)cc3)o2)[C@H](C)O)c(C)c1Cl.[C-]#[N+]c1ccc(N[C@@H](c2nnc(-c3ccc(OS(N)(=O)=O)cc3)o2)[C@H](C)OS(N)(=O)=O)c(C)c1Cl. The molecule has 0 aliphatic heterocycles. The number of nitrogens with zero attached hydrogens (tertiary/aromatic N) is 6. The van der Waals surface area contributed by atoms with Crippen molar-refractivity contribution in [2.24, 2.45) is 10.3 Å². The molecule has 4 atom stereocenters. The first-order valence-corrected chi connectivity index (χ1v) is 21.4. The number of nitrogens with one attached hydrogen (secondary N) is 2. The van der Waals surface area contributed by atoms with Crippen LogP contribution in [0.15, 0.2) is 81.6 Å². The number of rotatable bonds is 14. The Kier molecular flexibility index (Phi) is 14.8. The van der Waals surface area contributed by atoms with Crippen LogP contribution in [0.1, 0.15) is 48.8 Å². The fraction of sp³-hybridized carbons (Fsp3) is 0.211. The predicted octanol–water partition coefficient (Wildman–Crippen LogP) is 7.08. The number of hydrogen-bond donors (Lipinski definition) is 6. The molecule has 24 heteroatoms. The molecule has 62 heavy (non-hydrogen) atoms. The maximum Gasteiger partial charge on any atom is 0.380 e. The molecule has 0 bridgehead atoms. The van der Waals surface area contributed by atoms with E-state index in [9.17, 15) is 27.0 Å². The lowest BCUT2D eigenvalue weighted by Crippen LogP contribution is -2.31. The number of anilines is 2. The molecule has 8 N–H and O–H groups in total. The lowest BCUT2D eigenvalue weighted by Gasteiger charge is -2.23. The van der Waals surface area contributed by atoms with Crippen LogP contribution in [0.25, 0.3) is 32.6 Å². The molecular weight excluding hydrogens is 892 g/mol. The van der Waals surface area contributed by atoms with Gasteiger partial charge >= 0.3 is 20.6 Å². The zero-order valence-electron chi connectivity index (χ0n) is 32.8. The number of phenols is 1. The van der Waals surface area contributed by atoms with Gasteiger partial charge in [-0.1, -0.05) is 35.3 Å². The zero-order chi connectivity index (χ0) is 45.5. The van der Waals surface area contributed by atoms with Crippen molar-refractivity contribution in [3.63, 3.8) is 0 Å². The molecule has 0 spiro atoms. The van der Waals surface area contributed by atoms with Crippen LogP contribution in [0.3, 0.4) is 0 Å². The van der Waals surface area contributed by atoms with Crippen molar-refractivity contribution in [1.29, 1.82) is 0 Å². The number of aliphatic hydroxyl groups is 1. The van der Waals surface area contributed by atoms with E-state index in [1.807, 2.05) is 0 Å². The number of aromatic nitrogens is 4. The smallest absolute Gasteiger partial charge is 0.380 e. The van der Waals surface area contributed by atoms with Gasteiger partial charge < -0.3 is 33.9 Å². The second kappa shape index (κ2) is 19.6. The molecule has 0 saturated heterocycles. The van der Waals surface area contributed by atoms with Gasteiger partial charge in [0.15, 0.2) is 0 Å². The van der Waals surface area contributed by atoms with Crippen molar-refractivity contribution in [2.45, 2.75) is 52.0 Å². The number of halogens is 2. The molecule has 6 aromatic rings. The molecule has 6 rings (SSSR count). The predicted molar refractivity (Wildman–Crippen MR) is 228 cm³/mol. The van der Waals surface area contributed by atoms with E-state index in [0.717, 1.165) is 0 Å². The van der Waals surface area contributed by atoms with Crippen molar-refractivity contribution < 1.29 is 44.2 Å². The minimum Gasteiger partial charge on any atom is -0.508 e. The molecule has 0 fully saturated rings. The topological polar surface area (TPSA) is 290 Å². The van der Waals surface area contributed by atoms with E-state index in [1.165, 1.54) is 49.4 Å². The van der Waals surface area contributed by atoms with Gasteiger partial charge in [-0.3, -0.25) is 4.18 Å². The Hall–Kier alpha value is -6.34. The summed E-state index contributed by atoms with van der Waals surface area (Å²) in [6, 6.07) is 16.7. The summed E-state index contributed by atoms with van der Waals surface area (Å²) >= 11 is 12.5. The van der Waals surface area contributed by atoms with E-state index >= 15 is 0 Å². The van der Waals surface area contributed by atoms with Crippen LogP contribution in [-0.2, 0) is 24.8 Å². The third kappa shape index (κ3) is 11.9. The van der Waals surface area contributed by atoms with Gasteiger partial charge in [-0.05, 0) is 99.5 Å². The first-order valence-electron chi connectivity index (χ1n) is 17.7. The lowest BCUT2D eigenvalue weighted by atomic mass is 10.1. The van der Waals surface area contributed by atoms with E-state index in [0.29, 0.717) is 44.3 Å². The molecule has 0 unspecified atom stereocenters. The average molecular weight is 928 g/mol. The van der Waals surface area contributed by atoms with Crippen molar-refractivity contribution in [3.8, 4) is 34.4 Å². The Morgan fingerprint density at radius 3 is 1.55 bits per heavy atom. The van der Waals surface area contributed by atoms with Crippen LogP contribution >= 0.6 is 23.2 Å². The Balaban J connectivity index is 0.000000242. The summed E-state index contributed by atoms with van der Waals surface area (Å²) in [6.07, 6.45) is -1.95. The molecule has 324 valence electrons. The van der Waals surface area contributed by atoms with Gasteiger partial charge in [-0.15, -0.1) is 20.4 Å². The highest BCUT2D eigenvalue weighted by atomic mass is 35.5. The van der Waals surface area contributed by atoms with Crippen molar-refractivity contribution >= 4 is 66.6 Å². The van der Waals surface area contributed by atoms with Crippen molar-refractivity contribution in [3.05, 3.63) is 129 Å². The highest BCUT2D eigenvalue weighted by molar-refractivity contribution is 7.84. The molecule has 0 amide bonds. The zero-order valence-corrected chi connectivity index (χ0v) is 36.0. The molecule has 0 aliphatic rings. The number of phenolic OH excluding ortho intramolecular Hbond substituents is 1. The summed E-state index contributed by atoms with van der Waals surface area (Å²) in [4.78, 5) is 6.70. The first kappa shape index (κ1) is 46.7. The summed E-state index contributed by atoms with van der Waals surface area (Å²) in [5, 5.41) is 52.2. The Bertz CT molecular complexity index is 2860. The Morgan fingerprint density at radius 2 is 1.13 bits per heavy atom. The Morgan fingerprint density at radius 1 is 0.694 bits per heavy atom. The Labute approximate surface area is 365 Å². The van der Waals surface area contributed by atoms with Crippen LogP contribution in [-0.4, -0.2) is 59.7 Å². The molecule has 0 radical (unpaired) electrons. The molecular formula is C38H36Cl2N10O10S2. The third-order valence-electron chi connectivity index (χ3n) is 8.67. The summed E-state index contributed by atoms with van der Waals surface area (Å²) in [6.45, 7) is 20.8. The lowest BCUT2D eigenvalue weighted by molar-refractivity contribution is 0.159. The summed E-state index contributed by atoms with van der Waals surface area (Å²) in [7, 11) is -8.52. The fourth-order valence-electron chi connectivity index (χ4n) is 5.54. The summed E-state index contributed by atoms with van der Waals surface area (Å²) < 4.78 is 66.1. The second-order valence-electron chi connectivity index (χ2n) is 13.2. The normalized spacial score (nSPS) is 13.3. The molecule has 2 heterocycles. The fourth-order valence-corrected chi connectivity index (χ4v) is 6.87. The van der Waals surface area contributed by atoms with Gasteiger partial charge in [0.25, 0.3) is 0 Å². The monoisotopic (exact) mass is 926 g/mol. The average Bonchev–Trinajstić information content (AvgIpc) is 3.90. The quantitative estimate of drug-likeness (QED) is 0.0595. The van der Waals surface area contributed by atoms with Crippen molar-refractivity contribution in [2.75, 3.05) is 10.6 Å².